The van der Waals surface area contributed by atoms with Gasteiger partial charge in [-0.15, -0.1) is 0 Å². The van der Waals surface area contributed by atoms with Crippen LogP contribution in [0.15, 0.2) is 30.3 Å². The molecule has 0 heterocycles. The number of carbonyl (C=O) groups excluding carboxylic acids is 1. The number of rotatable bonds is 9. The molecule has 0 radical (unpaired) electrons. The quantitative estimate of drug-likeness (QED) is 0.636. The molecule has 0 N–H and O–H groups in total. The van der Waals surface area contributed by atoms with Crippen LogP contribution < -0.4 is 0 Å². The largest absolute Gasteiger partial charge is 0.463 e. The minimum absolute atomic E-state index is 0.314. The Hall–Kier alpha value is -1.35. The molecule has 0 spiro atoms. The van der Waals surface area contributed by atoms with Crippen LogP contribution in [-0.2, 0) is 19.9 Å². The van der Waals surface area contributed by atoms with Gasteiger partial charge in [0.05, 0.1) is 6.61 Å². The summed E-state index contributed by atoms with van der Waals surface area (Å²) in [6.07, 6.45) is 4.48. The zero-order chi connectivity index (χ0) is 15.7. The van der Waals surface area contributed by atoms with Gasteiger partial charge in [0.2, 0.25) is 0 Å². The summed E-state index contributed by atoms with van der Waals surface area (Å²) in [5, 5.41) is 0. The lowest BCUT2D eigenvalue weighted by Gasteiger charge is -2.27. The highest BCUT2D eigenvalue weighted by atomic mass is 16.6. The second-order valence-corrected chi connectivity index (χ2v) is 5.62. The van der Waals surface area contributed by atoms with E-state index in [1.807, 2.05) is 30.3 Å². The molecule has 1 aromatic rings. The number of carbonyl (C=O) groups is 1. The van der Waals surface area contributed by atoms with Crippen LogP contribution in [0.2, 0.25) is 0 Å². The van der Waals surface area contributed by atoms with E-state index in [2.05, 4.69) is 13.8 Å². The van der Waals surface area contributed by atoms with Crippen molar-refractivity contribution in [3.8, 4) is 0 Å². The number of hydrogen-bond donors (Lipinski definition) is 0. The summed E-state index contributed by atoms with van der Waals surface area (Å²) >= 11 is 0. The average Bonchev–Trinajstić information content (AvgIpc) is 2.54. The molecule has 0 aliphatic rings. The summed E-state index contributed by atoms with van der Waals surface area (Å²) in [6, 6.07) is 9.49. The maximum Gasteiger partial charge on any atom is 0.342 e. The number of benzene rings is 1. The smallest absolute Gasteiger partial charge is 0.342 e. The third kappa shape index (κ3) is 4.85. The number of unbranched alkanes of at least 4 members (excludes halogenated alkanes) is 1. The van der Waals surface area contributed by atoms with Crippen molar-refractivity contribution in [1.82, 2.24) is 0 Å². The molecule has 118 valence electrons. The minimum atomic E-state index is -1.04. The normalized spacial score (nSPS) is 15.2. The molecule has 0 saturated heterocycles. The maximum atomic E-state index is 12.4. The van der Waals surface area contributed by atoms with Gasteiger partial charge in [0.15, 0.2) is 5.60 Å². The van der Waals surface area contributed by atoms with Crippen LogP contribution in [-0.4, -0.2) is 19.7 Å². The van der Waals surface area contributed by atoms with Crippen molar-refractivity contribution in [1.29, 1.82) is 0 Å². The van der Waals surface area contributed by atoms with Crippen LogP contribution in [0.3, 0.4) is 0 Å². The molecule has 1 rings (SSSR count). The van der Waals surface area contributed by atoms with Gasteiger partial charge in [-0.1, -0.05) is 63.4 Å². The molecular formula is C18H28O3. The van der Waals surface area contributed by atoms with Crippen molar-refractivity contribution >= 4 is 5.97 Å². The van der Waals surface area contributed by atoms with E-state index in [1.54, 1.807) is 14.0 Å². The highest BCUT2D eigenvalue weighted by molar-refractivity contribution is 5.80. The van der Waals surface area contributed by atoms with E-state index >= 15 is 0 Å². The standard InChI is InChI=1S/C18H28O3/c1-5-7-11-15(6-2)14-21-17(19)18(3,20-4)16-12-9-8-10-13-16/h8-10,12-13,15H,5-7,11,14H2,1-4H3. The van der Waals surface area contributed by atoms with E-state index in [0.29, 0.717) is 12.5 Å². The van der Waals surface area contributed by atoms with Crippen molar-refractivity contribution in [3.63, 3.8) is 0 Å². The summed E-state index contributed by atoms with van der Waals surface area (Å²) in [7, 11) is 1.54. The maximum absolute atomic E-state index is 12.4. The van der Waals surface area contributed by atoms with E-state index in [4.69, 9.17) is 9.47 Å². The second-order valence-electron chi connectivity index (χ2n) is 5.62. The van der Waals surface area contributed by atoms with E-state index < -0.39 is 5.60 Å². The summed E-state index contributed by atoms with van der Waals surface area (Å²) in [4.78, 5) is 12.4. The molecule has 3 heteroatoms. The van der Waals surface area contributed by atoms with Gasteiger partial charge >= 0.3 is 5.97 Å². The molecule has 0 saturated carbocycles. The molecule has 0 amide bonds. The van der Waals surface area contributed by atoms with E-state index in [9.17, 15) is 4.79 Å². The van der Waals surface area contributed by atoms with Gasteiger partial charge in [0.25, 0.3) is 0 Å². The first-order chi connectivity index (χ1) is 10.1. The highest BCUT2D eigenvalue weighted by Gasteiger charge is 2.37. The fraction of sp³-hybridized carbons (Fsp3) is 0.611. The Morgan fingerprint density at radius 3 is 2.43 bits per heavy atom. The zero-order valence-electron chi connectivity index (χ0n) is 13.7. The lowest BCUT2D eigenvalue weighted by molar-refractivity contribution is -0.170. The number of esters is 1. The minimum Gasteiger partial charge on any atom is -0.463 e. The molecule has 0 aliphatic heterocycles. The number of ether oxygens (including phenoxy) is 2. The summed E-state index contributed by atoms with van der Waals surface area (Å²) in [5.74, 6) is 0.122. The monoisotopic (exact) mass is 292 g/mol. The molecule has 3 nitrogen and oxygen atoms in total. The number of hydrogen-bond acceptors (Lipinski definition) is 3. The highest BCUT2D eigenvalue weighted by Crippen LogP contribution is 2.26. The lowest BCUT2D eigenvalue weighted by atomic mass is 9.95. The van der Waals surface area contributed by atoms with Crippen molar-refractivity contribution < 1.29 is 14.3 Å². The van der Waals surface area contributed by atoms with Crippen LogP contribution in [0, 0.1) is 5.92 Å². The predicted molar refractivity (Wildman–Crippen MR) is 85.1 cm³/mol. The fourth-order valence-corrected chi connectivity index (χ4v) is 2.30. The average molecular weight is 292 g/mol. The first-order valence-corrected chi connectivity index (χ1v) is 7.86. The van der Waals surface area contributed by atoms with Gasteiger partial charge in [0.1, 0.15) is 0 Å². The first kappa shape index (κ1) is 17.7. The Kier molecular flexibility index (Phi) is 7.44. The molecular weight excluding hydrogens is 264 g/mol. The molecule has 1 aromatic carbocycles. The molecule has 0 aliphatic carbocycles. The summed E-state index contributed by atoms with van der Waals surface area (Å²) in [6.45, 7) is 6.55. The molecule has 0 aromatic heterocycles. The van der Waals surface area contributed by atoms with Crippen molar-refractivity contribution in [2.45, 2.75) is 52.1 Å². The van der Waals surface area contributed by atoms with Crippen molar-refractivity contribution in [2.75, 3.05) is 13.7 Å². The Morgan fingerprint density at radius 1 is 1.24 bits per heavy atom. The number of methoxy groups -OCH3 is 1. The van der Waals surface area contributed by atoms with E-state index in [0.717, 1.165) is 18.4 Å². The Morgan fingerprint density at radius 2 is 1.90 bits per heavy atom. The van der Waals surface area contributed by atoms with Crippen LogP contribution in [0.25, 0.3) is 0 Å². The fourth-order valence-electron chi connectivity index (χ4n) is 2.30. The van der Waals surface area contributed by atoms with Crippen LogP contribution in [0.1, 0.15) is 52.0 Å². The predicted octanol–water partition coefficient (Wildman–Crippen LogP) is 4.31. The SMILES string of the molecule is CCCCC(CC)COC(=O)C(C)(OC)c1ccccc1. The second kappa shape index (κ2) is 8.83. The van der Waals surface area contributed by atoms with Crippen molar-refractivity contribution in [3.05, 3.63) is 35.9 Å². The molecule has 2 unspecified atom stereocenters. The Balaban J connectivity index is 2.67. The van der Waals surface area contributed by atoms with Crippen LogP contribution in [0.4, 0.5) is 0 Å². The molecule has 2 atom stereocenters. The topological polar surface area (TPSA) is 35.5 Å². The van der Waals surface area contributed by atoms with Gasteiger partial charge in [-0.25, -0.2) is 4.79 Å². The Labute approximate surface area is 128 Å². The summed E-state index contributed by atoms with van der Waals surface area (Å²) < 4.78 is 11.0. The van der Waals surface area contributed by atoms with Gasteiger partial charge in [-0.2, -0.15) is 0 Å². The Bertz CT molecular complexity index is 416. The first-order valence-electron chi connectivity index (χ1n) is 7.86. The van der Waals surface area contributed by atoms with Crippen LogP contribution in [0.5, 0.6) is 0 Å². The van der Waals surface area contributed by atoms with E-state index in [-0.39, 0.29) is 5.97 Å². The third-order valence-electron chi connectivity index (χ3n) is 4.12. The van der Waals surface area contributed by atoms with E-state index in [1.165, 1.54) is 12.8 Å². The lowest BCUT2D eigenvalue weighted by Crippen LogP contribution is -2.37. The van der Waals surface area contributed by atoms with Gasteiger partial charge in [-0.3, -0.25) is 0 Å². The van der Waals surface area contributed by atoms with Crippen molar-refractivity contribution in [2.24, 2.45) is 5.92 Å². The third-order valence-corrected chi connectivity index (χ3v) is 4.12. The van der Waals surface area contributed by atoms with Gasteiger partial charge in [0, 0.05) is 7.11 Å². The zero-order valence-corrected chi connectivity index (χ0v) is 13.7. The van der Waals surface area contributed by atoms with Gasteiger partial charge in [-0.05, 0) is 24.8 Å². The van der Waals surface area contributed by atoms with Gasteiger partial charge < -0.3 is 9.47 Å². The molecule has 21 heavy (non-hydrogen) atoms. The molecule has 0 fully saturated rings. The molecule has 0 bridgehead atoms. The van der Waals surface area contributed by atoms with Crippen LogP contribution >= 0.6 is 0 Å². The summed E-state index contributed by atoms with van der Waals surface area (Å²) in [5.41, 5.74) is -0.219.